The number of hydrogen-bond donors (Lipinski definition) is 0. The Morgan fingerprint density at radius 1 is 1.22 bits per heavy atom. The summed E-state index contributed by atoms with van der Waals surface area (Å²) in [5.74, 6) is 0.341. The average Bonchev–Trinajstić information content (AvgIpc) is 3.03. The number of methoxy groups -OCH3 is 1. The van der Waals surface area contributed by atoms with E-state index in [4.69, 9.17) is 9.15 Å². The number of piperazine rings is 1. The molecule has 2 aromatic rings. The van der Waals surface area contributed by atoms with E-state index in [9.17, 15) is 4.79 Å². The molecular formula is C18H22N2O3. The number of hydrogen-bond acceptors (Lipinski definition) is 5. The molecule has 0 spiro atoms. The van der Waals surface area contributed by atoms with Crippen molar-refractivity contribution in [3.63, 3.8) is 0 Å². The number of carbonyl (C=O) groups is 1. The Bertz CT molecular complexity index is 672. The van der Waals surface area contributed by atoms with Crippen LogP contribution in [0.2, 0.25) is 0 Å². The SMILES string of the molecule is COC(=O)c1ccoc1CN1CCN(c2cccc(C)c2)CC1. The van der Waals surface area contributed by atoms with Gasteiger partial charge in [0.2, 0.25) is 0 Å². The molecule has 0 saturated carbocycles. The van der Waals surface area contributed by atoms with Crippen LogP contribution in [0.4, 0.5) is 5.69 Å². The van der Waals surface area contributed by atoms with Gasteiger partial charge in [-0.05, 0) is 30.7 Å². The highest BCUT2D eigenvalue weighted by molar-refractivity contribution is 5.90. The van der Waals surface area contributed by atoms with E-state index in [1.807, 2.05) is 0 Å². The normalized spacial score (nSPS) is 15.7. The highest BCUT2D eigenvalue weighted by Gasteiger charge is 2.21. The van der Waals surface area contributed by atoms with Gasteiger partial charge in [-0.1, -0.05) is 12.1 Å². The number of nitrogens with zero attached hydrogens (tertiary/aromatic N) is 2. The second-order valence-electron chi connectivity index (χ2n) is 5.85. The Morgan fingerprint density at radius 3 is 2.70 bits per heavy atom. The zero-order valence-corrected chi connectivity index (χ0v) is 13.6. The molecule has 122 valence electrons. The van der Waals surface area contributed by atoms with Crippen molar-refractivity contribution in [3.05, 3.63) is 53.5 Å². The maximum absolute atomic E-state index is 11.7. The summed E-state index contributed by atoms with van der Waals surface area (Å²) >= 11 is 0. The number of aryl methyl sites for hydroxylation is 1. The van der Waals surface area contributed by atoms with Crippen LogP contribution in [0.3, 0.4) is 0 Å². The summed E-state index contributed by atoms with van der Waals surface area (Å²) in [6, 6.07) is 10.3. The van der Waals surface area contributed by atoms with Gasteiger partial charge >= 0.3 is 5.97 Å². The third-order valence-electron chi connectivity index (χ3n) is 4.26. The first-order valence-corrected chi connectivity index (χ1v) is 7.86. The summed E-state index contributed by atoms with van der Waals surface area (Å²) in [5, 5.41) is 0. The molecule has 1 aromatic heterocycles. The number of carbonyl (C=O) groups excluding carboxylic acids is 1. The molecule has 0 atom stereocenters. The van der Waals surface area contributed by atoms with Gasteiger partial charge in [0.25, 0.3) is 0 Å². The van der Waals surface area contributed by atoms with Gasteiger partial charge in [0.05, 0.1) is 19.9 Å². The third-order valence-corrected chi connectivity index (χ3v) is 4.26. The van der Waals surface area contributed by atoms with E-state index in [-0.39, 0.29) is 5.97 Å². The average molecular weight is 314 g/mol. The minimum Gasteiger partial charge on any atom is -0.467 e. The summed E-state index contributed by atoms with van der Waals surface area (Å²) < 4.78 is 10.2. The molecule has 1 aromatic carbocycles. The van der Waals surface area contributed by atoms with E-state index in [2.05, 4.69) is 41.0 Å². The fourth-order valence-corrected chi connectivity index (χ4v) is 2.95. The first-order chi connectivity index (χ1) is 11.2. The van der Waals surface area contributed by atoms with Crippen molar-refractivity contribution >= 4 is 11.7 Å². The molecule has 1 saturated heterocycles. The van der Waals surface area contributed by atoms with E-state index in [0.29, 0.717) is 17.9 Å². The lowest BCUT2D eigenvalue weighted by Gasteiger charge is -2.35. The zero-order valence-electron chi connectivity index (χ0n) is 13.6. The summed E-state index contributed by atoms with van der Waals surface area (Å²) in [6.07, 6.45) is 1.55. The van der Waals surface area contributed by atoms with Gasteiger partial charge in [0.15, 0.2) is 0 Å². The van der Waals surface area contributed by atoms with Crippen molar-refractivity contribution in [2.75, 3.05) is 38.2 Å². The molecular weight excluding hydrogens is 292 g/mol. The largest absolute Gasteiger partial charge is 0.467 e. The molecule has 1 fully saturated rings. The molecule has 1 aliphatic heterocycles. The van der Waals surface area contributed by atoms with Gasteiger partial charge in [-0.3, -0.25) is 4.90 Å². The van der Waals surface area contributed by atoms with Crippen LogP contribution in [0.5, 0.6) is 0 Å². The summed E-state index contributed by atoms with van der Waals surface area (Å²) in [4.78, 5) is 16.4. The number of anilines is 1. The molecule has 5 nitrogen and oxygen atoms in total. The van der Waals surface area contributed by atoms with Crippen LogP contribution in [0.15, 0.2) is 41.0 Å². The van der Waals surface area contributed by atoms with Crippen molar-refractivity contribution in [1.29, 1.82) is 0 Å². The number of furan rings is 1. The van der Waals surface area contributed by atoms with Crippen molar-refractivity contribution in [3.8, 4) is 0 Å². The molecule has 0 aliphatic carbocycles. The number of esters is 1. The lowest BCUT2D eigenvalue weighted by molar-refractivity contribution is 0.0596. The second kappa shape index (κ2) is 6.87. The van der Waals surface area contributed by atoms with Crippen molar-refractivity contribution < 1.29 is 13.9 Å². The van der Waals surface area contributed by atoms with E-state index in [1.54, 1.807) is 12.3 Å². The van der Waals surface area contributed by atoms with Gasteiger partial charge in [0, 0.05) is 31.9 Å². The number of ether oxygens (including phenoxy) is 1. The molecule has 0 N–H and O–H groups in total. The summed E-state index contributed by atoms with van der Waals surface area (Å²) in [5.41, 5.74) is 3.08. The third kappa shape index (κ3) is 3.56. The fourth-order valence-electron chi connectivity index (χ4n) is 2.95. The minimum atomic E-state index is -0.341. The van der Waals surface area contributed by atoms with Crippen LogP contribution in [0, 0.1) is 6.92 Å². The zero-order chi connectivity index (χ0) is 16.2. The number of rotatable bonds is 4. The fraction of sp³-hybridized carbons (Fsp3) is 0.389. The van der Waals surface area contributed by atoms with Gasteiger partial charge in [0.1, 0.15) is 11.3 Å². The van der Waals surface area contributed by atoms with E-state index < -0.39 is 0 Å². The van der Waals surface area contributed by atoms with Crippen LogP contribution < -0.4 is 4.90 Å². The van der Waals surface area contributed by atoms with E-state index in [1.165, 1.54) is 18.4 Å². The molecule has 23 heavy (non-hydrogen) atoms. The molecule has 0 radical (unpaired) electrons. The van der Waals surface area contributed by atoms with Crippen molar-refractivity contribution in [2.24, 2.45) is 0 Å². The topological polar surface area (TPSA) is 45.9 Å². The maximum Gasteiger partial charge on any atom is 0.341 e. The van der Waals surface area contributed by atoms with Crippen molar-refractivity contribution in [2.45, 2.75) is 13.5 Å². The first kappa shape index (κ1) is 15.6. The van der Waals surface area contributed by atoms with E-state index >= 15 is 0 Å². The van der Waals surface area contributed by atoms with Gasteiger partial charge in [-0.2, -0.15) is 0 Å². The Kier molecular flexibility index (Phi) is 4.67. The lowest BCUT2D eigenvalue weighted by Crippen LogP contribution is -2.46. The monoisotopic (exact) mass is 314 g/mol. The van der Waals surface area contributed by atoms with Gasteiger partial charge in [-0.25, -0.2) is 4.79 Å². The quantitative estimate of drug-likeness (QED) is 0.812. The molecule has 1 aliphatic rings. The molecule has 3 rings (SSSR count). The Labute approximate surface area is 136 Å². The van der Waals surface area contributed by atoms with Crippen LogP contribution in [0.25, 0.3) is 0 Å². The standard InChI is InChI=1S/C18H22N2O3/c1-14-4-3-5-15(12-14)20-9-7-19(8-10-20)13-17-16(6-11-23-17)18(21)22-2/h3-6,11-12H,7-10,13H2,1-2H3. The lowest BCUT2D eigenvalue weighted by atomic mass is 10.2. The molecule has 2 heterocycles. The predicted molar refractivity (Wildman–Crippen MR) is 88.7 cm³/mol. The Balaban J connectivity index is 1.59. The maximum atomic E-state index is 11.7. The van der Waals surface area contributed by atoms with Crippen LogP contribution in [-0.2, 0) is 11.3 Å². The molecule has 0 amide bonds. The first-order valence-electron chi connectivity index (χ1n) is 7.86. The van der Waals surface area contributed by atoms with Crippen molar-refractivity contribution in [1.82, 2.24) is 4.90 Å². The van der Waals surface area contributed by atoms with Crippen LogP contribution in [0.1, 0.15) is 21.7 Å². The summed E-state index contributed by atoms with van der Waals surface area (Å²) in [7, 11) is 1.39. The van der Waals surface area contributed by atoms with Crippen LogP contribution >= 0.6 is 0 Å². The molecule has 5 heteroatoms. The minimum absolute atomic E-state index is 0.341. The van der Waals surface area contributed by atoms with Gasteiger partial charge < -0.3 is 14.1 Å². The Morgan fingerprint density at radius 2 is 2.00 bits per heavy atom. The molecule has 0 bridgehead atoms. The Hall–Kier alpha value is -2.27. The highest BCUT2D eigenvalue weighted by Crippen LogP contribution is 2.20. The molecule has 0 unspecified atom stereocenters. The van der Waals surface area contributed by atoms with Gasteiger partial charge in [-0.15, -0.1) is 0 Å². The van der Waals surface area contributed by atoms with Crippen LogP contribution in [-0.4, -0.2) is 44.2 Å². The smallest absolute Gasteiger partial charge is 0.341 e. The number of benzene rings is 1. The van der Waals surface area contributed by atoms with E-state index in [0.717, 1.165) is 26.2 Å². The summed E-state index contributed by atoms with van der Waals surface area (Å²) in [6.45, 7) is 6.57. The second-order valence-corrected chi connectivity index (χ2v) is 5.85. The predicted octanol–water partition coefficient (Wildman–Crippen LogP) is 2.70. The highest BCUT2D eigenvalue weighted by atomic mass is 16.5.